The van der Waals surface area contributed by atoms with Gasteiger partial charge >= 0.3 is 0 Å². The summed E-state index contributed by atoms with van der Waals surface area (Å²) in [7, 11) is 0. The van der Waals surface area contributed by atoms with Crippen LogP contribution in [0.1, 0.15) is 31.0 Å². The van der Waals surface area contributed by atoms with Crippen molar-refractivity contribution in [3.63, 3.8) is 0 Å². The molecule has 3 heterocycles. The third-order valence-corrected chi connectivity index (χ3v) is 3.32. The van der Waals surface area contributed by atoms with E-state index in [-0.39, 0.29) is 18.1 Å². The minimum atomic E-state index is -0.274. The van der Waals surface area contributed by atoms with E-state index in [1.807, 2.05) is 13.8 Å². The fourth-order valence-electron chi connectivity index (χ4n) is 2.00. The number of hydrogen-bond donors (Lipinski definition) is 2. The summed E-state index contributed by atoms with van der Waals surface area (Å²) in [6, 6.07) is 3.37. The van der Waals surface area contributed by atoms with Gasteiger partial charge in [0, 0.05) is 6.20 Å². The van der Waals surface area contributed by atoms with Gasteiger partial charge in [0.1, 0.15) is 0 Å². The summed E-state index contributed by atoms with van der Waals surface area (Å²) in [6.45, 7) is 3.93. The first kappa shape index (κ1) is 14.2. The molecule has 0 amide bonds. The quantitative estimate of drug-likeness (QED) is 0.740. The van der Waals surface area contributed by atoms with Crippen molar-refractivity contribution in [3.05, 3.63) is 52.3 Å². The summed E-state index contributed by atoms with van der Waals surface area (Å²) in [5.74, 6) is 0.681. The van der Waals surface area contributed by atoms with Gasteiger partial charge in [-0.15, -0.1) is 5.10 Å². The number of rotatable bonds is 4. The van der Waals surface area contributed by atoms with E-state index in [1.54, 1.807) is 24.5 Å². The lowest BCUT2D eigenvalue weighted by Crippen LogP contribution is -2.19. The van der Waals surface area contributed by atoms with Crippen LogP contribution in [0.2, 0.25) is 0 Å². The Morgan fingerprint density at radius 2 is 2.18 bits per heavy atom. The number of pyridine rings is 1. The Morgan fingerprint density at radius 1 is 1.36 bits per heavy atom. The molecule has 0 unspecified atom stereocenters. The van der Waals surface area contributed by atoms with Crippen LogP contribution in [0.3, 0.4) is 0 Å². The first-order chi connectivity index (χ1) is 10.6. The van der Waals surface area contributed by atoms with Crippen molar-refractivity contribution in [2.45, 2.75) is 26.4 Å². The monoisotopic (exact) mass is 300 g/mol. The fraction of sp³-hybridized carbons (Fsp3) is 0.286. The predicted octanol–water partition coefficient (Wildman–Crippen LogP) is 0.757. The molecule has 0 saturated carbocycles. The van der Waals surface area contributed by atoms with Crippen LogP contribution in [0.25, 0.3) is 11.5 Å². The van der Waals surface area contributed by atoms with Gasteiger partial charge in [-0.05, 0) is 17.5 Å². The molecule has 0 radical (unpaired) electrons. The second kappa shape index (κ2) is 5.57. The van der Waals surface area contributed by atoms with Crippen LogP contribution < -0.4 is 5.56 Å². The number of aliphatic hydroxyl groups is 1. The molecule has 3 aromatic rings. The molecule has 0 saturated heterocycles. The number of nitrogens with zero attached hydrogens (tertiary/aromatic N) is 5. The van der Waals surface area contributed by atoms with Crippen LogP contribution in [0.5, 0.6) is 0 Å². The Bertz CT molecular complexity index is 828. The summed E-state index contributed by atoms with van der Waals surface area (Å²) in [4.78, 5) is 16.6. The molecule has 3 rings (SSSR count). The minimum Gasteiger partial charge on any atom is -0.392 e. The van der Waals surface area contributed by atoms with E-state index in [0.29, 0.717) is 17.1 Å². The molecule has 8 nitrogen and oxygen atoms in total. The first-order valence-corrected chi connectivity index (χ1v) is 6.89. The number of aromatic amines is 1. The molecule has 8 heteroatoms. The van der Waals surface area contributed by atoms with Crippen LogP contribution >= 0.6 is 0 Å². The van der Waals surface area contributed by atoms with Gasteiger partial charge in [-0.2, -0.15) is 4.68 Å². The molecule has 0 spiro atoms. The van der Waals surface area contributed by atoms with E-state index in [2.05, 4.69) is 20.4 Å². The number of aromatic nitrogens is 6. The van der Waals surface area contributed by atoms with Gasteiger partial charge in [0.15, 0.2) is 11.5 Å². The third kappa shape index (κ3) is 2.44. The van der Waals surface area contributed by atoms with Crippen LogP contribution in [-0.2, 0) is 6.61 Å². The van der Waals surface area contributed by atoms with Gasteiger partial charge in [0.25, 0.3) is 5.56 Å². The zero-order chi connectivity index (χ0) is 15.7. The summed E-state index contributed by atoms with van der Waals surface area (Å²) >= 11 is 0. The molecule has 0 fully saturated rings. The van der Waals surface area contributed by atoms with E-state index in [0.717, 1.165) is 5.69 Å². The highest BCUT2D eigenvalue weighted by molar-refractivity contribution is 5.31. The summed E-state index contributed by atoms with van der Waals surface area (Å²) < 4.78 is 2.76. The second-order valence-corrected chi connectivity index (χ2v) is 5.22. The SMILES string of the molecule is CC(C)c1cn(-c2c[nH]n(-c3ccc(CO)cn3)c2=O)nn1. The lowest BCUT2D eigenvalue weighted by molar-refractivity contribution is 0.281. The molecule has 0 aliphatic rings. The van der Waals surface area contributed by atoms with Crippen molar-refractivity contribution < 1.29 is 5.11 Å². The summed E-state index contributed by atoms with van der Waals surface area (Å²) in [6.07, 6.45) is 4.82. The van der Waals surface area contributed by atoms with E-state index in [4.69, 9.17) is 5.11 Å². The molecule has 114 valence electrons. The maximum absolute atomic E-state index is 12.5. The van der Waals surface area contributed by atoms with Gasteiger partial charge in [-0.3, -0.25) is 9.89 Å². The minimum absolute atomic E-state index is 0.0882. The Hall–Kier alpha value is -2.74. The Labute approximate surface area is 126 Å². The lowest BCUT2D eigenvalue weighted by Gasteiger charge is -2.01. The third-order valence-electron chi connectivity index (χ3n) is 3.32. The topological polar surface area (TPSA) is 102 Å². The van der Waals surface area contributed by atoms with Gasteiger partial charge in [0.2, 0.25) is 0 Å². The smallest absolute Gasteiger partial charge is 0.298 e. The first-order valence-electron chi connectivity index (χ1n) is 6.89. The van der Waals surface area contributed by atoms with Crippen LogP contribution in [0.15, 0.2) is 35.5 Å². The molecule has 0 aliphatic heterocycles. The maximum Gasteiger partial charge on any atom is 0.298 e. The average Bonchev–Trinajstić information content (AvgIpc) is 3.14. The predicted molar refractivity (Wildman–Crippen MR) is 79.1 cm³/mol. The van der Waals surface area contributed by atoms with E-state index in [1.165, 1.54) is 15.6 Å². The maximum atomic E-state index is 12.5. The van der Waals surface area contributed by atoms with Crippen LogP contribution in [0.4, 0.5) is 0 Å². The van der Waals surface area contributed by atoms with Crippen molar-refractivity contribution in [1.29, 1.82) is 0 Å². The Kier molecular flexibility index (Phi) is 3.60. The Balaban J connectivity index is 1.98. The highest BCUT2D eigenvalue weighted by atomic mass is 16.3. The molecule has 3 aromatic heterocycles. The number of aliphatic hydroxyl groups excluding tert-OH is 1. The van der Waals surface area contributed by atoms with E-state index in [9.17, 15) is 4.79 Å². The lowest BCUT2D eigenvalue weighted by atomic mass is 10.2. The number of nitrogens with one attached hydrogen (secondary N) is 1. The molecule has 2 N–H and O–H groups in total. The standard InChI is InChI=1S/C14H16N6O2/c1-9(2)11-7-19(18-17-11)12-6-16-20(14(12)22)13-4-3-10(8-21)5-15-13/h3-7,9,16,21H,8H2,1-2H3. The zero-order valence-corrected chi connectivity index (χ0v) is 12.3. The van der Waals surface area contributed by atoms with Crippen molar-refractivity contribution in [1.82, 2.24) is 29.8 Å². The molecular weight excluding hydrogens is 284 g/mol. The zero-order valence-electron chi connectivity index (χ0n) is 12.3. The van der Waals surface area contributed by atoms with E-state index >= 15 is 0 Å². The highest BCUT2D eigenvalue weighted by Gasteiger charge is 2.13. The van der Waals surface area contributed by atoms with Crippen molar-refractivity contribution >= 4 is 0 Å². The average molecular weight is 300 g/mol. The Morgan fingerprint density at radius 3 is 2.77 bits per heavy atom. The van der Waals surface area contributed by atoms with Crippen LogP contribution in [-0.4, -0.2) is 34.9 Å². The number of H-pyrrole nitrogens is 1. The van der Waals surface area contributed by atoms with Crippen molar-refractivity contribution in [2.75, 3.05) is 0 Å². The largest absolute Gasteiger partial charge is 0.392 e. The van der Waals surface area contributed by atoms with Gasteiger partial charge < -0.3 is 5.11 Å². The molecule has 0 aliphatic carbocycles. The molecular formula is C14H16N6O2. The van der Waals surface area contributed by atoms with Crippen LogP contribution in [0, 0.1) is 0 Å². The van der Waals surface area contributed by atoms with Gasteiger partial charge in [-0.1, -0.05) is 25.1 Å². The summed E-state index contributed by atoms with van der Waals surface area (Å²) in [5, 5.41) is 19.9. The normalized spacial score (nSPS) is 11.3. The molecule has 22 heavy (non-hydrogen) atoms. The summed E-state index contributed by atoms with van der Waals surface area (Å²) in [5.41, 5.74) is 1.59. The van der Waals surface area contributed by atoms with Gasteiger partial charge in [0.05, 0.1) is 24.7 Å². The van der Waals surface area contributed by atoms with Crippen molar-refractivity contribution in [2.24, 2.45) is 0 Å². The second-order valence-electron chi connectivity index (χ2n) is 5.22. The molecule has 0 atom stereocenters. The van der Waals surface area contributed by atoms with E-state index < -0.39 is 0 Å². The molecule has 0 bridgehead atoms. The van der Waals surface area contributed by atoms with Gasteiger partial charge in [-0.25, -0.2) is 9.67 Å². The highest BCUT2D eigenvalue weighted by Crippen LogP contribution is 2.11. The fourth-order valence-corrected chi connectivity index (χ4v) is 2.00. The van der Waals surface area contributed by atoms with Crippen molar-refractivity contribution in [3.8, 4) is 11.5 Å². The molecule has 0 aromatic carbocycles. The number of hydrogen-bond acceptors (Lipinski definition) is 5.